The van der Waals surface area contributed by atoms with Crippen molar-refractivity contribution in [1.29, 1.82) is 0 Å². The van der Waals surface area contributed by atoms with Crippen LogP contribution < -0.4 is 9.80 Å². The molecule has 0 spiro atoms. The van der Waals surface area contributed by atoms with Crippen molar-refractivity contribution in [1.82, 2.24) is 0 Å². The van der Waals surface area contributed by atoms with Gasteiger partial charge in [-0.1, -0.05) is 24.3 Å². The number of rotatable bonds is 8. The van der Waals surface area contributed by atoms with E-state index in [0.717, 1.165) is 66.0 Å². The highest BCUT2D eigenvalue weighted by Crippen LogP contribution is 2.26. The van der Waals surface area contributed by atoms with Crippen molar-refractivity contribution in [2.24, 2.45) is 0 Å². The van der Waals surface area contributed by atoms with Gasteiger partial charge in [0.25, 0.3) is 0 Å². The summed E-state index contributed by atoms with van der Waals surface area (Å²) in [5, 5.41) is 0. The Bertz CT molecular complexity index is 913. The minimum atomic E-state index is 0.174. The van der Waals surface area contributed by atoms with Gasteiger partial charge >= 0.3 is 0 Å². The van der Waals surface area contributed by atoms with Crippen LogP contribution >= 0.6 is 0 Å². The van der Waals surface area contributed by atoms with Crippen molar-refractivity contribution < 1.29 is 9.28 Å². The van der Waals surface area contributed by atoms with E-state index in [9.17, 15) is 4.79 Å². The van der Waals surface area contributed by atoms with Crippen LogP contribution in [0.15, 0.2) is 59.7 Å². The second-order valence-corrected chi connectivity index (χ2v) is 9.45. The highest BCUT2D eigenvalue weighted by Gasteiger charge is 2.33. The number of likely N-dealkylation sites (tertiary alicyclic amines) is 1. The standard InChI is InChI=1S/C29H40N3O/c1-7-30(8-2)27-15-11-23(12-16-27)19-25-21-32(5,6)22-26(29(25)33)20-24-13-17-28(18-14-24)31(9-3)10-4/h11-20H,7-10,21-22H2,1-6H3/q+1/b25-19-,26-20-. The van der Waals surface area contributed by atoms with Gasteiger partial charge in [-0.15, -0.1) is 0 Å². The van der Waals surface area contributed by atoms with Crippen molar-refractivity contribution in [2.45, 2.75) is 27.7 Å². The van der Waals surface area contributed by atoms with E-state index in [1.807, 2.05) is 0 Å². The fraction of sp³-hybridized carbons (Fsp3) is 0.414. The SMILES string of the molecule is CCN(CC)c1ccc(/C=C2/C[N+](C)(C)C/C(=C/c3ccc(N(CC)CC)cc3)C2=O)cc1. The van der Waals surface area contributed by atoms with Crippen LogP contribution in [0.5, 0.6) is 0 Å². The molecule has 176 valence electrons. The normalized spacial score (nSPS) is 18.1. The molecule has 1 fully saturated rings. The number of carbonyl (C=O) groups excluding carboxylic acids is 1. The van der Waals surface area contributed by atoms with E-state index < -0.39 is 0 Å². The minimum Gasteiger partial charge on any atom is -0.372 e. The average Bonchev–Trinajstić information content (AvgIpc) is 2.80. The lowest BCUT2D eigenvalue weighted by molar-refractivity contribution is -0.881. The molecular weight excluding hydrogens is 406 g/mol. The summed E-state index contributed by atoms with van der Waals surface area (Å²) < 4.78 is 0.776. The summed E-state index contributed by atoms with van der Waals surface area (Å²) in [6, 6.07) is 17.1. The minimum absolute atomic E-state index is 0.174. The molecule has 4 nitrogen and oxygen atoms in total. The number of benzene rings is 2. The molecule has 1 aliphatic heterocycles. The zero-order valence-corrected chi connectivity index (χ0v) is 21.3. The molecule has 1 saturated heterocycles. The van der Waals surface area contributed by atoms with Crippen LogP contribution in [0.1, 0.15) is 38.8 Å². The van der Waals surface area contributed by atoms with Crippen molar-refractivity contribution in [2.75, 3.05) is 63.2 Å². The van der Waals surface area contributed by atoms with Crippen LogP contribution in [0.2, 0.25) is 0 Å². The van der Waals surface area contributed by atoms with Gasteiger partial charge in [0.2, 0.25) is 0 Å². The number of Topliss-reactive ketones (excluding diaryl/α,β-unsaturated/α-hetero) is 1. The second kappa shape index (κ2) is 10.8. The summed E-state index contributed by atoms with van der Waals surface area (Å²) >= 11 is 0. The zero-order valence-electron chi connectivity index (χ0n) is 21.3. The van der Waals surface area contributed by atoms with Gasteiger partial charge in [0, 0.05) is 37.6 Å². The third-order valence-corrected chi connectivity index (χ3v) is 6.51. The van der Waals surface area contributed by atoms with Gasteiger partial charge in [0.05, 0.1) is 25.2 Å². The Kier molecular flexibility index (Phi) is 8.15. The number of quaternary nitrogens is 1. The summed E-state index contributed by atoms with van der Waals surface area (Å²) in [6.45, 7) is 14.1. The molecule has 2 aromatic rings. The maximum atomic E-state index is 13.4. The molecule has 0 radical (unpaired) electrons. The summed E-state index contributed by atoms with van der Waals surface area (Å²) in [5.74, 6) is 0.174. The molecular formula is C29H40N3O+. The van der Waals surface area contributed by atoms with Crippen LogP contribution in [0, 0.1) is 0 Å². The quantitative estimate of drug-likeness (QED) is 0.395. The number of anilines is 2. The first-order chi connectivity index (χ1) is 15.8. The van der Waals surface area contributed by atoms with E-state index in [1.165, 1.54) is 11.4 Å². The number of hydrogen-bond donors (Lipinski definition) is 0. The van der Waals surface area contributed by atoms with E-state index in [2.05, 4.69) is 112 Å². The highest BCUT2D eigenvalue weighted by molar-refractivity contribution is 6.14. The smallest absolute Gasteiger partial charge is 0.196 e. The molecule has 4 heteroatoms. The molecule has 0 amide bonds. The molecule has 0 aliphatic carbocycles. The first-order valence-corrected chi connectivity index (χ1v) is 12.3. The number of ketones is 1. The number of piperidine rings is 1. The molecule has 33 heavy (non-hydrogen) atoms. The molecule has 0 saturated carbocycles. The topological polar surface area (TPSA) is 23.6 Å². The first-order valence-electron chi connectivity index (χ1n) is 12.3. The Hall–Kier alpha value is -2.85. The van der Waals surface area contributed by atoms with Gasteiger partial charge in [-0.25, -0.2) is 0 Å². The van der Waals surface area contributed by atoms with Gasteiger partial charge < -0.3 is 14.3 Å². The van der Waals surface area contributed by atoms with E-state index in [-0.39, 0.29) is 5.78 Å². The fourth-order valence-corrected chi connectivity index (χ4v) is 4.69. The van der Waals surface area contributed by atoms with Gasteiger partial charge in [-0.2, -0.15) is 0 Å². The van der Waals surface area contributed by atoms with Crippen molar-refractivity contribution >= 4 is 29.3 Å². The molecule has 0 bridgehead atoms. The summed E-state index contributed by atoms with van der Waals surface area (Å²) in [4.78, 5) is 18.1. The third kappa shape index (κ3) is 6.14. The monoisotopic (exact) mass is 446 g/mol. The fourth-order valence-electron chi connectivity index (χ4n) is 4.69. The Morgan fingerprint density at radius 3 is 1.30 bits per heavy atom. The van der Waals surface area contributed by atoms with Crippen LogP contribution in [0.25, 0.3) is 12.2 Å². The summed E-state index contributed by atoms with van der Waals surface area (Å²) in [5.41, 5.74) is 6.38. The zero-order chi connectivity index (χ0) is 24.0. The largest absolute Gasteiger partial charge is 0.372 e. The molecule has 0 unspecified atom stereocenters. The summed E-state index contributed by atoms with van der Waals surface area (Å²) in [7, 11) is 4.39. The second-order valence-electron chi connectivity index (χ2n) is 9.45. The van der Waals surface area contributed by atoms with Crippen molar-refractivity contribution in [3.05, 3.63) is 70.8 Å². The lowest BCUT2D eigenvalue weighted by atomic mass is 9.93. The molecule has 1 aliphatic rings. The molecule has 0 atom stereocenters. The third-order valence-electron chi connectivity index (χ3n) is 6.51. The van der Waals surface area contributed by atoms with E-state index in [0.29, 0.717) is 0 Å². The molecule has 2 aromatic carbocycles. The molecule has 3 rings (SSSR count). The number of nitrogens with zero attached hydrogens (tertiary/aromatic N) is 3. The lowest BCUT2D eigenvalue weighted by Crippen LogP contribution is -2.48. The molecule has 0 aromatic heterocycles. The maximum Gasteiger partial charge on any atom is 0.196 e. The lowest BCUT2D eigenvalue weighted by Gasteiger charge is -2.35. The first kappa shape index (κ1) is 24.8. The predicted octanol–water partition coefficient (Wildman–Crippen LogP) is 5.51. The average molecular weight is 447 g/mol. The Balaban J connectivity index is 1.86. The maximum absolute atomic E-state index is 13.4. The number of likely N-dealkylation sites (N-methyl/N-ethyl adjacent to an activating group) is 1. The Labute approximate surface area is 200 Å². The van der Waals surface area contributed by atoms with Gasteiger partial charge in [-0.05, 0) is 75.2 Å². The van der Waals surface area contributed by atoms with E-state index in [1.54, 1.807) is 0 Å². The predicted molar refractivity (Wildman–Crippen MR) is 143 cm³/mol. The molecule has 0 N–H and O–H groups in total. The van der Waals surface area contributed by atoms with E-state index in [4.69, 9.17) is 0 Å². The van der Waals surface area contributed by atoms with Gasteiger partial charge in [-0.3, -0.25) is 4.79 Å². The number of carbonyl (C=O) groups is 1. The van der Waals surface area contributed by atoms with Crippen LogP contribution in [-0.4, -0.2) is 63.6 Å². The molecule has 1 heterocycles. The van der Waals surface area contributed by atoms with Gasteiger partial charge in [0.1, 0.15) is 13.1 Å². The highest BCUT2D eigenvalue weighted by atomic mass is 16.1. The van der Waals surface area contributed by atoms with Crippen LogP contribution in [0.3, 0.4) is 0 Å². The Morgan fingerprint density at radius 1 is 0.667 bits per heavy atom. The van der Waals surface area contributed by atoms with Gasteiger partial charge in [0.15, 0.2) is 5.78 Å². The van der Waals surface area contributed by atoms with Crippen molar-refractivity contribution in [3.8, 4) is 0 Å². The summed E-state index contributed by atoms with van der Waals surface area (Å²) in [6.07, 6.45) is 4.15. The van der Waals surface area contributed by atoms with E-state index >= 15 is 0 Å². The van der Waals surface area contributed by atoms with Crippen LogP contribution in [0.4, 0.5) is 11.4 Å². The van der Waals surface area contributed by atoms with Crippen molar-refractivity contribution in [3.63, 3.8) is 0 Å². The Morgan fingerprint density at radius 2 is 1.00 bits per heavy atom. The van der Waals surface area contributed by atoms with Crippen LogP contribution in [-0.2, 0) is 4.79 Å². The number of hydrogen-bond acceptors (Lipinski definition) is 3.